The van der Waals surface area contributed by atoms with Crippen molar-refractivity contribution in [2.24, 2.45) is 0 Å². The van der Waals surface area contributed by atoms with Crippen molar-refractivity contribution in [2.45, 2.75) is 75.9 Å². The maximum Gasteiger partial charge on any atom is 0.202 e. The summed E-state index contributed by atoms with van der Waals surface area (Å²) < 4.78 is 17.7. The van der Waals surface area contributed by atoms with Gasteiger partial charge in [-0.3, -0.25) is 19.3 Å². The number of carbonyl (C=O) groups is 3. The van der Waals surface area contributed by atoms with Crippen LogP contribution in [0.25, 0.3) is 0 Å². The first-order valence-electron chi connectivity index (χ1n) is 15.6. The molecule has 4 unspecified atom stereocenters. The maximum atomic E-state index is 13.9. The summed E-state index contributed by atoms with van der Waals surface area (Å²) in [6.45, 7) is 3.18. The third-order valence-electron chi connectivity index (χ3n) is 9.69. The maximum absolute atomic E-state index is 13.9. The highest BCUT2D eigenvalue weighted by atomic mass is 16.7. The topological polar surface area (TPSA) is 187 Å². The first kappa shape index (κ1) is 33.3. The Kier molecular flexibility index (Phi) is 8.84. The predicted molar refractivity (Wildman–Crippen MR) is 169 cm³/mol. The van der Waals surface area contributed by atoms with Gasteiger partial charge < -0.3 is 34.6 Å². The molecule has 12 nitrogen and oxygen atoms in total. The Hall–Kier alpha value is -4.64. The summed E-state index contributed by atoms with van der Waals surface area (Å²) in [6.07, 6.45) is -4.90. The van der Waals surface area contributed by atoms with Crippen molar-refractivity contribution in [3.63, 3.8) is 0 Å². The van der Waals surface area contributed by atoms with Gasteiger partial charge in [0, 0.05) is 48.5 Å². The van der Waals surface area contributed by atoms with E-state index in [2.05, 4.69) is 6.07 Å². The molecule has 1 heterocycles. The summed E-state index contributed by atoms with van der Waals surface area (Å²) in [5.74, 6) is -3.28. The minimum atomic E-state index is -2.06. The van der Waals surface area contributed by atoms with Gasteiger partial charge in [-0.15, -0.1) is 0 Å². The molecular weight excluding hydrogens is 620 g/mol. The molecule has 0 bridgehead atoms. The Morgan fingerprint density at radius 3 is 2.44 bits per heavy atom. The molecule has 2 aliphatic carbocycles. The fraction of sp³-hybridized carbons (Fsp3) is 0.389. The number of rotatable bonds is 8. The number of aromatic hydroxyl groups is 2. The number of nitrogens with zero attached hydrogens (tertiary/aromatic N) is 2. The number of hydrogen-bond donors (Lipinski definition) is 4. The van der Waals surface area contributed by atoms with Gasteiger partial charge in [-0.1, -0.05) is 42.5 Å². The van der Waals surface area contributed by atoms with Gasteiger partial charge in [0.15, 0.2) is 17.9 Å². The number of fused-ring (bicyclic) bond motifs is 3. The van der Waals surface area contributed by atoms with Crippen molar-refractivity contribution in [3.05, 3.63) is 87.5 Å². The van der Waals surface area contributed by atoms with Crippen molar-refractivity contribution >= 4 is 17.3 Å². The third-order valence-corrected chi connectivity index (χ3v) is 9.69. The summed E-state index contributed by atoms with van der Waals surface area (Å²) >= 11 is 0. The molecule has 0 saturated carbocycles. The van der Waals surface area contributed by atoms with E-state index < -0.39 is 82.6 Å². The van der Waals surface area contributed by atoms with Crippen LogP contribution in [0.3, 0.4) is 0 Å². The van der Waals surface area contributed by atoms with Gasteiger partial charge in [0.25, 0.3) is 0 Å². The standard InChI is InChI=1S/C36H36N2O10/c1-18-31(40)23(38(13-12-37)17-20-8-5-4-6-9-20)14-26(47-18)48-25-16-36(45,19(2)39)15-22-28(25)35(44)30-29(33(22)42)32(41)21-10-7-11-24(46-3)27(21)34(30)43/h4-11,18,23,25-26,31,40,42,44-45H,13-17H2,1-3H3/t18?,23?,25-,26?,31?,36-/m0/s1. The second-order valence-electron chi connectivity index (χ2n) is 12.6. The van der Waals surface area contributed by atoms with Gasteiger partial charge in [0.1, 0.15) is 22.8 Å². The van der Waals surface area contributed by atoms with Crippen molar-refractivity contribution in [1.82, 2.24) is 4.90 Å². The smallest absolute Gasteiger partial charge is 0.202 e. The fourth-order valence-corrected chi connectivity index (χ4v) is 7.16. The molecule has 3 aromatic carbocycles. The van der Waals surface area contributed by atoms with Gasteiger partial charge in [0.05, 0.1) is 54.7 Å². The molecule has 3 aliphatic rings. The molecule has 4 N–H and O–H groups in total. The zero-order valence-corrected chi connectivity index (χ0v) is 26.7. The number of phenols is 2. The summed E-state index contributed by atoms with van der Waals surface area (Å²) in [7, 11) is 1.34. The number of ketones is 3. The Morgan fingerprint density at radius 1 is 1.06 bits per heavy atom. The number of hydrogen-bond acceptors (Lipinski definition) is 12. The first-order valence-corrected chi connectivity index (χ1v) is 15.6. The number of aliphatic hydroxyl groups excluding tert-OH is 1. The molecule has 1 fully saturated rings. The van der Waals surface area contributed by atoms with Crippen molar-refractivity contribution < 1.29 is 49.0 Å². The van der Waals surface area contributed by atoms with Gasteiger partial charge in [-0.25, -0.2) is 0 Å². The predicted octanol–water partition coefficient (Wildman–Crippen LogP) is 3.10. The molecule has 6 rings (SSSR count). The van der Waals surface area contributed by atoms with Crippen molar-refractivity contribution in [1.29, 1.82) is 5.26 Å². The minimum Gasteiger partial charge on any atom is -0.507 e. The normalized spacial score (nSPS) is 26.3. The van der Waals surface area contributed by atoms with Gasteiger partial charge in [-0.05, 0) is 25.5 Å². The van der Waals surface area contributed by atoms with E-state index in [1.165, 1.54) is 32.2 Å². The van der Waals surface area contributed by atoms with E-state index in [4.69, 9.17) is 14.2 Å². The SMILES string of the molecule is COc1cccc2c1C(=O)c1c(O)c3c(c(O)c1C2=O)C[C@@](O)(C(C)=O)C[C@@H]3OC1CC(N(CC#N)Cc2ccccc2)C(O)C(C)O1. The number of nitriles is 1. The Bertz CT molecular complexity index is 1840. The molecule has 0 aromatic heterocycles. The number of Topliss-reactive ketones (excluding diaryl/α,β-unsaturated/α-hetero) is 1. The highest BCUT2D eigenvalue weighted by Gasteiger charge is 2.50. The molecule has 250 valence electrons. The number of methoxy groups -OCH3 is 1. The zero-order valence-electron chi connectivity index (χ0n) is 26.7. The Morgan fingerprint density at radius 2 is 1.77 bits per heavy atom. The average Bonchev–Trinajstić information content (AvgIpc) is 3.06. The summed E-state index contributed by atoms with van der Waals surface area (Å²) in [6, 6.07) is 15.4. The summed E-state index contributed by atoms with van der Waals surface area (Å²) in [4.78, 5) is 42.2. The highest BCUT2D eigenvalue weighted by Crippen LogP contribution is 2.52. The van der Waals surface area contributed by atoms with Gasteiger partial charge in [0.2, 0.25) is 5.78 Å². The van der Waals surface area contributed by atoms with E-state index in [1.54, 1.807) is 6.92 Å². The van der Waals surface area contributed by atoms with Crippen LogP contribution in [-0.2, 0) is 27.2 Å². The first-order chi connectivity index (χ1) is 22.9. The molecule has 6 atom stereocenters. The molecule has 3 aromatic rings. The number of benzene rings is 3. The molecule has 48 heavy (non-hydrogen) atoms. The van der Waals surface area contributed by atoms with Gasteiger partial charge >= 0.3 is 0 Å². The van der Waals surface area contributed by atoms with E-state index in [9.17, 15) is 40.1 Å². The lowest BCUT2D eigenvalue weighted by Crippen LogP contribution is -2.55. The van der Waals surface area contributed by atoms with E-state index in [0.29, 0.717) is 6.54 Å². The van der Waals surface area contributed by atoms with Crippen LogP contribution < -0.4 is 4.74 Å². The van der Waals surface area contributed by atoms with E-state index in [1.807, 2.05) is 35.2 Å². The van der Waals surface area contributed by atoms with Crippen molar-refractivity contribution in [2.75, 3.05) is 13.7 Å². The van der Waals surface area contributed by atoms with Crippen LogP contribution in [0.5, 0.6) is 17.2 Å². The van der Waals surface area contributed by atoms with Crippen LogP contribution in [0.1, 0.15) is 81.3 Å². The Balaban J connectivity index is 1.41. The second-order valence-corrected chi connectivity index (χ2v) is 12.6. The molecule has 0 radical (unpaired) electrons. The van der Waals surface area contributed by atoms with Crippen LogP contribution in [0.2, 0.25) is 0 Å². The second kappa shape index (κ2) is 12.8. The van der Waals surface area contributed by atoms with E-state index in [0.717, 1.165) is 5.56 Å². The fourth-order valence-electron chi connectivity index (χ4n) is 7.16. The van der Waals surface area contributed by atoms with Crippen LogP contribution in [-0.4, -0.2) is 86.5 Å². The largest absolute Gasteiger partial charge is 0.507 e. The lowest BCUT2D eigenvalue weighted by atomic mass is 9.72. The quantitative estimate of drug-likeness (QED) is 0.161. The Labute approximate surface area is 276 Å². The highest BCUT2D eigenvalue weighted by molar-refractivity contribution is 6.31. The molecule has 12 heteroatoms. The lowest BCUT2D eigenvalue weighted by molar-refractivity contribution is -0.258. The van der Waals surface area contributed by atoms with E-state index >= 15 is 0 Å². The van der Waals surface area contributed by atoms with Crippen LogP contribution in [0, 0.1) is 11.3 Å². The monoisotopic (exact) mass is 656 g/mol. The lowest BCUT2D eigenvalue weighted by Gasteiger charge is -2.45. The number of aliphatic hydroxyl groups is 2. The number of carbonyl (C=O) groups excluding carboxylic acids is 3. The molecular formula is C36H36N2O10. The number of ether oxygens (including phenoxy) is 3. The number of phenolic OH excluding ortho intramolecular Hbond substituents is 2. The van der Waals surface area contributed by atoms with Crippen LogP contribution in [0.15, 0.2) is 48.5 Å². The average molecular weight is 657 g/mol. The summed E-state index contributed by atoms with van der Waals surface area (Å²) in [5.41, 5.74) is -2.29. The summed E-state index contributed by atoms with van der Waals surface area (Å²) in [5, 5.41) is 55.6. The molecule has 0 spiro atoms. The third kappa shape index (κ3) is 5.53. The zero-order chi connectivity index (χ0) is 34.5. The van der Waals surface area contributed by atoms with E-state index in [-0.39, 0.29) is 47.4 Å². The van der Waals surface area contributed by atoms with Gasteiger partial charge in [-0.2, -0.15) is 5.26 Å². The molecule has 1 aliphatic heterocycles. The van der Waals surface area contributed by atoms with Crippen LogP contribution in [0.4, 0.5) is 0 Å². The molecule has 0 amide bonds. The van der Waals surface area contributed by atoms with Crippen LogP contribution >= 0.6 is 0 Å². The molecule has 1 saturated heterocycles. The van der Waals surface area contributed by atoms with Crippen molar-refractivity contribution in [3.8, 4) is 23.3 Å². The minimum absolute atomic E-state index is 0.00567.